The molecule has 3 N–H and O–H groups in total. The number of aliphatic hydroxyl groups is 1. The number of hydrogen-bond acceptors (Lipinski definition) is 4. The van der Waals surface area contributed by atoms with Crippen LogP contribution < -0.4 is 10.6 Å². The van der Waals surface area contributed by atoms with Crippen LogP contribution in [0, 0.1) is 6.92 Å². The lowest BCUT2D eigenvalue weighted by molar-refractivity contribution is -0.122. The first kappa shape index (κ1) is 12.1. The topological polar surface area (TPSA) is 79.2 Å². The third kappa shape index (κ3) is 3.28. The van der Waals surface area contributed by atoms with Crippen molar-refractivity contribution in [2.75, 3.05) is 13.1 Å². The van der Waals surface area contributed by atoms with Gasteiger partial charge in [-0.3, -0.25) is 9.48 Å². The molecule has 0 saturated carbocycles. The number of aliphatic hydroxyl groups excluding tert-OH is 1. The molecule has 1 aliphatic rings. The van der Waals surface area contributed by atoms with Crippen LogP contribution in [-0.4, -0.2) is 46.0 Å². The summed E-state index contributed by atoms with van der Waals surface area (Å²) in [6.45, 7) is 3.69. The minimum absolute atomic E-state index is 0.0505. The van der Waals surface area contributed by atoms with Crippen molar-refractivity contribution in [2.24, 2.45) is 0 Å². The Hall–Kier alpha value is -1.40. The van der Waals surface area contributed by atoms with Crippen LogP contribution in [0.5, 0.6) is 0 Å². The van der Waals surface area contributed by atoms with Crippen LogP contribution in [0.4, 0.5) is 0 Å². The third-order valence-corrected chi connectivity index (χ3v) is 2.83. The van der Waals surface area contributed by atoms with Crippen molar-refractivity contribution in [3.05, 3.63) is 18.0 Å². The molecule has 1 aromatic rings. The summed E-state index contributed by atoms with van der Waals surface area (Å²) < 4.78 is 1.80. The highest BCUT2D eigenvalue weighted by Gasteiger charge is 2.27. The van der Waals surface area contributed by atoms with Crippen molar-refractivity contribution in [1.82, 2.24) is 20.4 Å². The second-order valence-corrected chi connectivity index (χ2v) is 4.42. The van der Waals surface area contributed by atoms with Gasteiger partial charge in [0.1, 0.15) is 0 Å². The van der Waals surface area contributed by atoms with Crippen molar-refractivity contribution in [1.29, 1.82) is 0 Å². The number of rotatable bonds is 4. The van der Waals surface area contributed by atoms with Crippen LogP contribution in [0.15, 0.2) is 12.4 Å². The molecule has 1 saturated heterocycles. The summed E-state index contributed by atoms with van der Waals surface area (Å²) in [6.07, 6.45) is 3.81. The molecule has 0 bridgehead atoms. The van der Waals surface area contributed by atoms with E-state index in [0.717, 1.165) is 5.56 Å². The number of nitrogens with one attached hydrogen (secondary N) is 2. The van der Waals surface area contributed by atoms with Gasteiger partial charge in [-0.05, 0) is 18.9 Å². The first-order chi connectivity index (χ1) is 8.15. The molecule has 2 heterocycles. The normalized spacial score (nSPS) is 23.9. The Morgan fingerprint density at radius 1 is 1.76 bits per heavy atom. The summed E-state index contributed by atoms with van der Waals surface area (Å²) in [5.41, 5.74) is 1.11. The van der Waals surface area contributed by atoms with Crippen LogP contribution in [0.1, 0.15) is 12.0 Å². The van der Waals surface area contributed by atoms with E-state index in [4.69, 9.17) is 0 Å². The monoisotopic (exact) mass is 238 g/mol. The highest BCUT2D eigenvalue weighted by atomic mass is 16.3. The molecule has 2 unspecified atom stereocenters. The van der Waals surface area contributed by atoms with Crippen LogP contribution in [-0.2, 0) is 11.3 Å². The third-order valence-electron chi connectivity index (χ3n) is 2.83. The largest absolute Gasteiger partial charge is 0.392 e. The molecular weight excluding hydrogens is 220 g/mol. The van der Waals surface area contributed by atoms with Gasteiger partial charge in [-0.2, -0.15) is 5.10 Å². The number of hydrogen-bond donors (Lipinski definition) is 3. The Kier molecular flexibility index (Phi) is 3.75. The maximum atomic E-state index is 11.7. The van der Waals surface area contributed by atoms with Crippen LogP contribution >= 0.6 is 0 Å². The first-order valence-electron chi connectivity index (χ1n) is 5.83. The number of amides is 1. The Bertz CT molecular complexity index is 391. The van der Waals surface area contributed by atoms with Crippen molar-refractivity contribution in [3.63, 3.8) is 0 Å². The van der Waals surface area contributed by atoms with E-state index in [1.54, 1.807) is 10.9 Å². The summed E-state index contributed by atoms with van der Waals surface area (Å²) >= 11 is 0. The number of carbonyl (C=O) groups is 1. The fourth-order valence-electron chi connectivity index (χ4n) is 1.92. The van der Waals surface area contributed by atoms with E-state index >= 15 is 0 Å². The minimum atomic E-state index is -0.403. The van der Waals surface area contributed by atoms with E-state index in [1.807, 2.05) is 13.1 Å². The molecule has 1 amide bonds. The van der Waals surface area contributed by atoms with Gasteiger partial charge in [-0.25, -0.2) is 0 Å². The van der Waals surface area contributed by atoms with Gasteiger partial charge >= 0.3 is 0 Å². The maximum Gasteiger partial charge on any atom is 0.237 e. The summed E-state index contributed by atoms with van der Waals surface area (Å²) in [7, 11) is 0. The van der Waals surface area contributed by atoms with Crippen molar-refractivity contribution in [2.45, 2.75) is 32.0 Å². The number of aryl methyl sites for hydroxylation is 1. The maximum absolute atomic E-state index is 11.7. The van der Waals surface area contributed by atoms with Gasteiger partial charge in [0, 0.05) is 19.3 Å². The molecule has 2 atom stereocenters. The van der Waals surface area contributed by atoms with Gasteiger partial charge in [-0.15, -0.1) is 0 Å². The molecule has 1 aromatic heterocycles. The quantitative estimate of drug-likeness (QED) is 0.630. The van der Waals surface area contributed by atoms with Crippen LogP contribution in [0.2, 0.25) is 0 Å². The van der Waals surface area contributed by atoms with Gasteiger partial charge in [0.2, 0.25) is 5.91 Å². The Morgan fingerprint density at radius 3 is 3.18 bits per heavy atom. The zero-order chi connectivity index (χ0) is 12.3. The lowest BCUT2D eigenvalue weighted by Gasteiger charge is -2.10. The Morgan fingerprint density at radius 2 is 2.59 bits per heavy atom. The molecule has 6 heteroatoms. The molecule has 0 spiro atoms. The SMILES string of the molecule is Cc1cnn(CCNC(=O)C2CC(O)CN2)c1. The smallest absolute Gasteiger partial charge is 0.237 e. The summed E-state index contributed by atoms with van der Waals surface area (Å²) in [5.74, 6) is -0.0505. The van der Waals surface area contributed by atoms with E-state index in [-0.39, 0.29) is 11.9 Å². The standard InChI is InChI=1S/C11H18N4O2/c1-8-5-14-15(7-8)3-2-12-11(17)10-4-9(16)6-13-10/h5,7,9-10,13,16H,2-4,6H2,1H3,(H,12,17). The molecule has 0 aliphatic carbocycles. The number of β-amino-alcohol motifs (C(OH)–C–C–N with tert-alkyl or cyclic N) is 1. The van der Waals surface area contributed by atoms with Crippen molar-refractivity contribution in [3.8, 4) is 0 Å². The van der Waals surface area contributed by atoms with Crippen molar-refractivity contribution >= 4 is 5.91 Å². The molecule has 2 rings (SSSR count). The van der Waals surface area contributed by atoms with E-state index in [2.05, 4.69) is 15.7 Å². The molecule has 6 nitrogen and oxygen atoms in total. The predicted octanol–water partition coefficient (Wildman–Crippen LogP) is -0.969. The second-order valence-electron chi connectivity index (χ2n) is 4.42. The number of aromatic nitrogens is 2. The van der Waals surface area contributed by atoms with E-state index in [0.29, 0.717) is 26.1 Å². The van der Waals surface area contributed by atoms with Gasteiger partial charge in [0.15, 0.2) is 0 Å². The van der Waals surface area contributed by atoms with Gasteiger partial charge in [-0.1, -0.05) is 0 Å². The predicted molar refractivity (Wildman–Crippen MR) is 62.4 cm³/mol. The lowest BCUT2D eigenvalue weighted by Crippen LogP contribution is -2.41. The zero-order valence-corrected chi connectivity index (χ0v) is 9.89. The highest BCUT2D eigenvalue weighted by Crippen LogP contribution is 2.05. The summed E-state index contributed by atoms with van der Waals surface area (Å²) in [4.78, 5) is 11.7. The van der Waals surface area contributed by atoms with E-state index < -0.39 is 6.10 Å². The summed E-state index contributed by atoms with van der Waals surface area (Å²) in [5, 5.41) is 19.2. The minimum Gasteiger partial charge on any atom is -0.392 e. The Balaban J connectivity index is 1.70. The molecular formula is C11H18N4O2. The molecule has 0 aromatic carbocycles. The number of nitrogens with zero attached hydrogens (tertiary/aromatic N) is 2. The molecule has 0 radical (unpaired) electrons. The van der Waals surface area contributed by atoms with E-state index in [1.165, 1.54) is 0 Å². The van der Waals surface area contributed by atoms with Gasteiger partial charge < -0.3 is 15.7 Å². The Labute approximate surface area is 100 Å². The second kappa shape index (κ2) is 5.29. The van der Waals surface area contributed by atoms with E-state index in [9.17, 15) is 9.90 Å². The summed E-state index contributed by atoms with van der Waals surface area (Å²) in [6, 6.07) is -0.260. The van der Waals surface area contributed by atoms with Crippen LogP contribution in [0.3, 0.4) is 0 Å². The lowest BCUT2D eigenvalue weighted by atomic mass is 10.2. The molecule has 17 heavy (non-hydrogen) atoms. The van der Waals surface area contributed by atoms with Crippen LogP contribution in [0.25, 0.3) is 0 Å². The zero-order valence-electron chi connectivity index (χ0n) is 9.89. The highest BCUT2D eigenvalue weighted by molar-refractivity contribution is 5.82. The molecule has 1 aliphatic heterocycles. The average molecular weight is 238 g/mol. The van der Waals surface area contributed by atoms with Gasteiger partial charge in [0.05, 0.1) is 24.9 Å². The van der Waals surface area contributed by atoms with Gasteiger partial charge in [0.25, 0.3) is 0 Å². The first-order valence-corrected chi connectivity index (χ1v) is 5.83. The average Bonchev–Trinajstić information content (AvgIpc) is 2.88. The van der Waals surface area contributed by atoms with Crippen molar-refractivity contribution < 1.29 is 9.90 Å². The molecule has 94 valence electrons. The number of carbonyl (C=O) groups excluding carboxylic acids is 1. The molecule has 1 fully saturated rings. The fourth-order valence-corrected chi connectivity index (χ4v) is 1.92. The fraction of sp³-hybridized carbons (Fsp3) is 0.636.